The van der Waals surface area contributed by atoms with Gasteiger partial charge in [-0.3, -0.25) is 0 Å². The zero-order valence-corrected chi connectivity index (χ0v) is 9.51. The lowest BCUT2D eigenvalue weighted by Gasteiger charge is -2.17. The molecule has 4 heteroatoms. The molecule has 0 aromatic heterocycles. The van der Waals surface area contributed by atoms with Gasteiger partial charge in [-0.25, -0.2) is 13.6 Å². The van der Waals surface area contributed by atoms with Crippen LogP contribution in [0.3, 0.4) is 0 Å². The molecule has 1 aromatic carbocycles. The van der Waals surface area contributed by atoms with Crippen LogP contribution in [0.2, 0.25) is 0 Å². The zero-order valence-electron chi connectivity index (χ0n) is 9.51. The number of hydrogen-bond acceptors (Lipinski definition) is 2. The molecule has 0 aliphatic carbocycles. The third kappa shape index (κ3) is 3.61. The Hall–Kier alpha value is -1.45. The highest BCUT2D eigenvalue weighted by atomic mass is 19.1. The van der Waals surface area contributed by atoms with Gasteiger partial charge < -0.3 is 4.74 Å². The Labute approximate surface area is 93.2 Å². The number of ether oxygens (including phenoxy) is 1. The standard InChI is InChI=1S/C12H14F2O2/c1-12(2,3)7-16-11(15)9-5-4-8(13)6-10(9)14/h4-6H,7H2,1-3H3. The highest BCUT2D eigenvalue weighted by Gasteiger charge is 2.17. The summed E-state index contributed by atoms with van der Waals surface area (Å²) in [6, 6.07) is 2.76. The minimum atomic E-state index is -0.904. The van der Waals surface area contributed by atoms with Gasteiger partial charge in [0, 0.05) is 6.07 Å². The van der Waals surface area contributed by atoms with Crippen molar-refractivity contribution in [2.75, 3.05) is 6.61 Å². The molecule has 0 radical (unpaired) electrons. The molecular formula is C12H14F2O2. The smallest absolute Gasteiger partial charge is 0.341 e. The second kappa shape index (κ2) is 4.60. The van der Waals surface area contributed by atoms with Gasteiger partial charge in [0.2, 0.25) is 0 Å². The topological polar surface area (TPSA) is 26.3 Å². The van der Waals surface area contributed by atoms with E-state index >= 15 is 0 Å². The van der Waals surface area contributed by atoms with Gasteiger partial charge in [-0.2, -0.15) is 0 Å². The summed E-state index contributed by atoms with van der Waals surface area (Å²) in [5.41, 5.74) is -0.433. The number of carbonyl (C=O) groups excluding carboxylic acids is 1. The van der Waals surface area contributed by atoms with Crippen LogP contribution in [-0.2, 0) is 4.74 Å². The van der Waals surface area contributed by atoms with Gasteiger partial charge in [0.05, 0.1) is 12.2 Å². The quantitative estimate of drug-likeness (QED) is 0.727. The summed E-state index contributed by atoms with van der Waals surface area (Å²) in [7, 11) is 0. The van der Waals surface area contributed by atoms with Gasteiger partial charge in [0.25, 0.3) is 0 Å². The molecule has 2 nitrogen and oxygen atoms in total. The first kappa shape index (κ1) is 12.6. The minimum Gasteiger partial charge on any atom is -0.461 e. The fraction of sp³-hybridized carbons (Fsp3) is 0.417. The third-order valence-corrected chi connectivity index (χ3v) is 1.79. The maximum atomic E-state index is 13.2. The third-order valence-electron chi connectivity index (χ3n) is 1.79. The number of carbonyl (C=O) groups is 1. The van der Waals surface area contributed by atoms with E-state index in [1.165, 1.54) is 0 Å². The molecule has 0 aliphatic heterocycles. The Morgan fingerprint density at radius 2 is 1.94 bits per heavy atom. The molecule has 16 heavy (non-hydrogen) atoms. The molecule has 0 saturated heterocycles. The summed E-state index contributed by atoms with van der Waals surface area (Å²) >= 11 is 0. The van der Waals surface area contributed by atoms with Crippen LogP contribution in [0.1, 0.15) is 31.1 Å². The van der Waals surface area contributed by atoms with Crippen molar-refractivity contribution in [3.63, 3.8) is 0 Å². The van der Waals surface area contributed by atoms with Gasteiger partial charge in [-0.05, 0) is 17.5 Å². The van der Waals surface area contributed by atoms with Gasteiger partial charge in [0.15, 0.2) is 0 Å². The van der Waals surface area contributed by atoms with Crippen LogP contribution in [0.4, 0.5) is 8.78 Å². The van der Waals surface area contributed by atoms with Crippen LogP contribution in [-0.4, -0.2) is 12.6 Å². The molecule has 0 amide bonds. The molecule has 0 aliphatic rings. The van der Waals surface area contributed by atoms with E-state index in [1.807, 2.05) is 20.8 Å². The van der Waals surface area contributed by atoms with E-state index in [2.05, 4.69) is 0 Å². The molecule has 1 aromatic rings. The number of benzene rings is 1. The van der Waals surface area contributed by atoms with Crippen LogP contribution in [0, 0.1) is 17.0 Å². The molecule has 0 atom stereocenters. The molecule has 88 valence electrons. The van der Waals surface area contributed by atoms with Gasteiger partial charge in [0.1, 0.15) is 11.6 Å². The lowest BCUT2D eigenvalue weighted by Crippen LogP contribution is -2.19. The molecule has 0 N–H and O–H groups in total. The zero-order chi connectivity index (χ0) is 12.3. The van der Waals surface area contributed by atoms with Crippen molar-refractivity contribution in [3.05, 3.63) is 35.4 Å². The van der Waals surface area contributed by atoms with Crippen molar-refractivity contribution in [1.82, 2.24) is 0 Å². The lowest BCUT2D eigenvalue weighted by molar-refractivity contribution is 0.0361. The number of halogens is 2. The van der Waals surface area contributed by atoms with E-state index in [0.29, 0.717) is 6.07 Å². The first-order valence-electron chi connectivity index (χ1n) is 4.92. The summed E-state index contributed by atoms with van der Waals surface area (Å²) in [4.78, 5) is 11.4. The monoisotopic (exact) mass is 228 g/mol. The summed E-state index contributed by atoms with van der Waals surface area (Å²) in [6.45, 7) is 5.85. The first-order chi connectivity index (χ1) is 7.29. The van der Waals surface area contributed by atoms with Crippen molar-refractivity contribution >= 4 is 5.97 Å². The van der Waals surface area contributed by atoms with Crippen LogP contribution in [0.15, 0.2) is 18.2 Å². The Kier molecular flexibility index (Phi) is 3.62. The van der Waals surface area contributed by atoms with E-state index in [1.54, 1.807) is 0 Å². The average molecular weight is 228 g/mol. The first-order valence-corrected chi connectivity index (χ1v) is 4.92. The van der Waals surface area contributed by atoms with Crippen molar-refractivity contribution in [3.8, 4) is 0 Å². The Bertz CT molecular complexity index is 394. The summed E-state index contributed by atoms with van der Waals surface area (Å²) in [6.07, 6.45) is 0. The molecule has 1 rings (SSSR count). The van der Waals surface area contributed by atoms with Crippen LogP contribution in [0.25, 0.3) is 0 Å². The second-order valence-corrected chi connectivity index (χ2v) is 4.76. The Morgan fingerprint density at radius 3 is 2.44 bits per heavy atom. The van der Waals surface area contributed by atoms with Gasteiger partial charge in [-0.1, -0.05) is 20.8 Å². The number of esters is 1. The van der Waals surface area contributed by atoms with Crippen LogP contribution >= 0.6 is 0 Å². The summed E-state index contributed by atoms with van der Waals surface area (Å²) in [5.74, 6) is -2.39. The molecule has 0 fully saturated rings. The predicted octanol–water partition coefficient (Wildman–Crippen LogP) is 3.17. The van der Waals surface area contributed by atoms with Gasteiger partial charge in [-0.15, -0.1) is 0 Å². The van der Waals surface area contributed by atoms with E-state index < -0.39 is 17.6 Å². The highest BCUT2D eigenvalue weighted by molar-refractivity contribution is 5.89. The maximum absolute atomic E-state index is 13.2. The highest BCUT2D eigenvalue weighted by Crippen LogP contribution is 2.16. The van der Waals surface area contributed by atoms with E-state index in [-0.39, 0.29) is 17.6 Å². The van der Waals surface area contributed by atoms with Crippen molar-refractivity contribution in [2.45, 2.75) is 20.8 Å². The van der Waals surface area contributed by atoms with Crippen LogP contribution in [0.5, 0.6) is 0 Å². The molecule has 0 heterocycles. The molecule has 0 bridgehead atoms. The summed E-state index contributed by atoms with van der Waals surface area (Å²) < 4.78 is 30.7. The Morgan fingerprint density at radius 1 is 1.31 bits per heavy atom. The molecule has 0 unspecified atom stereocenters. The SMILES string of the molecule is CC(C)(C)COC(=O)c1ccc(F)cc1F. The number of rotatable bonds is 2. The molecule has 0 spiro atoms. The average Bonchev–Trinajstić information content (AvgIpc) is 2.13. The number of hydrogen-bond donors (Lipinski definition) is 0. The van der Waals surface area contributed by atoms with E-state index in [0.717, 1.165) is 12.1 Å². The molecular weight excluding hydrogens is 214 g/mol. The largest absolute Gasteiger partial charge is 0.461 e. The lowest BCUT2D eigenvalue weighted by atomic mass is 9.99. The van der Waals surface area contributed by atoms with Crippen molar-refractivity contribution in [1.29, 1.82) is 0 Å². The summed E-state index contributed by atoms with van der Waals surface area (Å²) in [5, 5.41) is 0. The van der Waals surface area contributed by atoms with E-state index in [9.17, 15) is 13.6 Å². The Balaban J connectivity index is 2.74. The van der Waals surface area contributed by atoms with Gasteiger partial charge >= 0.3 is 5.97 Å². The van der Waals surface area contributed by atoms with Crippen molar-refractivity contribution in [2.24, 2.45) is 5.41 Å². The predicted molar refractivity (Wildman–Crippen MR) is 56.1 cm³/mol. The van der Waals surface area contributed by atoms with Crippen molar-refractivity contribution < 1.29 is 18.3 Å². The normalized spacial score (nSPS) is 11.3. The molecule has 0 saturated carbocycles. The second-order valence-electron chi connectivity index (χ2n) is 4.76. The van der Waals surface area contributed by atoms with E-state index in [4.69, 9.17) is 4.74 Å². The van der Waals surface area contributed by atoms with Crippen LogP contribution < -0.4 is 0 Å². The maximum Gasteiger partial charge on any atom is 0.341 e. The minimum absolute atomic E-state index is 0.183. The fourth-order valence-corrected chi connectivity index (χ4v) is 1.01. The fourth-order valence-electron chi connectivity index (χ4n) is 1.01.